The number of nitrogens with zero attached hydrogens (tertiary/aromatic N) is 5. The maximum atomic E-state index is 12.7. The Morgan fingerprint density at radius 3 is 2.39 bits per heavy atom. The van der Waals surface area contributed by atoms with Crippen LogP contribution in [-0.2, 0) is 4.79 Å². The number of rotatable bonds is 5. The van der Waals surface area contributed by atoms with Crippen LogP contribution in [-0.4, -0.2) is 110 Å². The van der Waals surface area contributed by atoms with Crippen LogP contribution in [0, 0.1) is 5.92 Å². The van der Waals surface area contributed by atoms with Gasteiger partial charge in [0.05, 0.1) is 6.04 Å². The summed E-state index contributed by atoms with van der Waals surface area (Å²) in [5.74, 6) is 2.14. The molecule has 3 rings (SSSR count). The second-order valence-corrected chi connectivity index (χ2v) is 8.75. The molecule has 0 saturated carbocycles. The van der Waals surface area contributed by atoms with Crippen molar-refractivity contribution < 1.29 is 4.79 Å². The molecule has 0 spiro atoms. The van der Waals surface area contributed by atoms with Gasteiger partial charge in [-0.3, -0.25) is 14.7 Å². The van der Waals surface area contributed by atoms with Crippen molar-refractivity contribution in [3.63, 3.8) is 0 Å². The zero-order valence-electron chi connectivity index (χ0n) is 18.2. The van der Waals surface area contributed by atoms with Crippen LogP contribution in [0.15, 0.2) is 4.99 Å². The van der Waals surface area contributed by atoms with Crippen molar-refractivity contribution in [3.8, 4) is 0 Å². The molecule has 2 atom stereocenters. The molecule has 0 aromatic carbocycles. The van der Waals surface area contributed by atoms with Crippen LogP contribution in [0.4, 0.5) is 0 Å². The van der Waals surface area contributed by atoms with E-state index in [0.29, 0.717) is 5.91 Å². The quantitative estimate of drug-likeness (QED) is 0.557. The van der Waals surface area contributed by atoms with Gasteiger partial charge in [-0.1, -0.05) is 6.92 Å². The van der Waals surface area contributed by atoms with Crippen LogP contribution in [0.3, 0.4) is 0 Å². The van der Waals surface area contributed by atoms with Gasteiger partial charge in [0, 0.05) is 66.0 Å². The first kappa shape index (κ1) is 21.4. The fourth-order valence-corrected chi connectivity index (χ4v) is 4.83. The van der Waals surface area contributed by atoms with E-state index in [9.17, 15) is 4.79 Å². The number of carbonyl (C=O) groups excluding carboxylic acids is 1. The largest absolute Gasteiger partial charge is 0.355 e. The number of amides is 1. The third kappa shape index (κ3) is 5.60. The minimum absolute atomic E-state index is 0.00341. The van der Waals surface area contributed by atoms with Crippen molar-refractivity contribution in [2.75, 3.05) is 72.5 Å². The Labute approximate surface area is 171 Å². The molecule has 160 valence electrons. The number of piperazine rings is 1. The number of piperidine rings is 1. The van der Waals surface area contributed by atoms with E-state index in [1.165, 1.54) is 25.9 Å². The van der Waals surface area contributed by atoms with E-state index in [-0.39, 0.29) is 6.04 Å². The Kier molecular flexibility index (Phi) is 7.97. The van der Waals surface area contributed by atoms with Gasteiger partial charge >= 0.3 is 0 Å². The summed E-state index contributed by atoms with van der Waals surface area (Å²) in [6.07, 6.45) is 5.01. The van der Waals surface area contributed by atoms with Crippen LogP contribution in [0.25, 0.3) is 0 Å². The molecule has 28 heavy (non-hydrogen) atoms. The highest BCUT2D eigenvalue weighted by atomic mass is 16.2. The number of aliphatic imine (C=N–C) groups is 1. The zero-order valence-corrected chi connectivity index (χ0v) is 18.2. The molecule has 0 aromatic rings. The smallest absolute Gasteiger partial charge is 0.239 e. The third-order valence-corrected chi connectivity index (χ3v) is 6.60. The van der Waals surface area contributed by atoms with Crippen LogP contribution in [0.1, 0.15) is 39.5 Å². The number of likely N-dealkylation sites (tertiary alicyclic amines) is 2. The molecule has 1 N–H and O–H groups in total. The number of hydrogen-bond acceptors (Lipinski definition) is 4. The Morgan fingerprint density at radius 2 is 1.75 bits per heavy atom. The van der Waals surface area contributed by atoms with E-state index in [0.717, 1.165) is 77.1 Å². The minimum Gasteiger partial charge on any atom is -0.355 e. The van der Waals surface area contributed by atoms with Gasteiger partial charge in [0.15, 0.2) is 5.96 Å². The highest BCUT2D eigenvalue weighted by molar-refractivity contribution is 5.82. The third-order valence-electron chi connectivity index (χ3n) is 6.60. The number of guanidine groups is 1. The van der Waals surface area contributed by atoms with Crippen molar-refractivity contribution in [1.29, 1.82) is 0 Å². The number of carbonyl (C=O) groups is 1. The summed E-state index contributed by atoms with van der Waals surface area (Å²) in [6, 6.07) is -0.00341. The topological polar surface area (TPSA) is 54.4 Å². The molecule has 3 heterocycles. The summed E-state index contributed by atoms with van der Waals surface area (Å²) in [5.41, 5.74) is 0. The molecule has 0 aromatic heterocycles. The molecule has 3 aliphatic heterocycles. The molecule has 0 radical (unpaired) electrons. The summed E-state index contributed by atoms with van der Waals surface area (Å²) in [4.78, 5) is 26.4. The molecule has 7 nitrogen and oxygen atoms in total. The SMILES string of the molecule is CN=C(NCCN1CCCC(C)C1)N1CCN(C(C)C(=O)N2CCCC2)CC1. The second-order valence-electron chi connectivity index (χ2n) is 8.75. The van der Waals surface area contributed by atoms with E-state index >= 15 is 0 Å². The fourth-order valence-electron chi connectivity index (χ4n) is 4.83. The van der Waals surface area contributed by atoms with Gasteiger partial charge in [0.25, 0.3) is 0 Å². The van der Waals surface area contributed by atoms with Crippen LogP contribution >= 0.6 is 0 Å². The van der Waals surface area contributed by atoms with Crippen molar-refractivity contribution in [2.24, 2.45) is 10.9 Å². The lowest BCUT2D eigenvalue weighted by atomic mass is 10.0. The molecule has 0 aliphatic carbocycles. The summed E-state index contributed by atoms with van der Waals surface area (Å²) in [7, 11) is 1.87. The van der Waals surface area contributed by atoms with Gasteiger partial charge in [0.1, 0.15) is 0 Å². The van der Waals surface area contributed by atoms with Crippen molar-refractivity contribution in [1.82, 2.24) is 24.9 Å². The second kappa shape index (κ2) is 10.4. The van der Waals surface area contributed by atoms with Gasteiger partial charge in [-0.25, -0.2) is 0 Å². The lowest BCUT2D eigenvalue weighted by Gasteiger charge is -2.39. The molecule has 3 fully saturated rings. The summed E-state index contributed by atoms with van der Waals surface area (Å²) in [5, 5.41) is 3.55. The van der Waals surface area contributed by atoms with Gasteiger partial charge in [0.2, 0.25) is 5.91 Å². The zero-order chi connectivity index (χ0) is 19.9. The molecule has 3 aliphatic rings. The predicted octanol–water partition coefficient (Wildman–Crippen LogP) is 0.922. The molecule has 0 bridgehead atoms. The van der Waals surface area contributed by atoms with Crippen LogP contribution in [0.2, 0.25) is 0 Å². The first-order valence-electron chi connectivity index (χ1n) is 11.3. The molecule has 7 heteroatoms. The summed E-state index contributed by atoms with van der Waals surface area (Å²) >= 11 is 0. The average Bonchev–Trinajstić information content (AvgIpc) is 3.25. The normalized spacial score (nSPS) is 26.5. The Balaban J connectivity index is 1.39. The lowest BCUT2D eigenvalue weighted by molar-refractivity contribution is -0.135. The first-order chi connectivity index (χ1) is 13.6. The molecular weight excluding hydrogens is 352 g/mol. The van der Waals surface area contributed by atoms with Gasteiger partial charge in [-0.05, 0) is 45.1 Å². The van der Waals surface area contributed by atoms with Crippen molar-refractivity contribution in [3.05, 3.63) is 0 Å². The van der Waals surface area contributed by atoms with E-state index < -0.39 is 0 Å². The van der Waals surface area contributed by atoms with Crippen LogP contribution in [0.5, 0.6) is 0 Å². The Bertz CT molecular complexity index is 525. The van der Waals surface area contributed by atoms with Crippen molar-refractivity contribution in [2.45, 2.75) is 45.6 Å². The molecule has 1 amide bonds. The summed E-state index contributed by atoms with van der Waals surface area (Å²) in [6.45, 7) is 14.5. The van der Waals surface area contributed by atoms with Gasteiger partial charge in [-0.2, -0.15) is 0 Å². The Hall–Kier alpha value is -1.34. The number of nitrogens with one attached hydrogen (secondary N) is 1. The van der Waals surface area contributed by atoms with E-state index in [2.05, 4.69) is 38.9 Å². The number of hydrogen-bond donors (Lipinski definition) is 1. The lowest BCUT2D eigenvalue weighted by Crippen LogP contribution is -2.57. The average molecular weight is 393 g/mol. The van der Waals surface area contributed by atoms with E-state index in [1.807, 2.05) is 11.9 Å². The maximum absolute atomic E-state index is 12.7. The standard InChI is InChI=1S/C21H40N6O/c1-18-7-6-9-24(17-18)12-8-23-21(22-3)27-15-13-25(14-16-27)19(2)20(28)26-10-4-5-11-26/h18-19H,4-17H2,1-3H3,(H,22,23). The van der Waals surface area contributed by atoms with E-state index in [4.69, 9.17) is 0 Å². The highest BCUT2D eigenvalue weighted by Crippen LogP contribution is 2.15. The fraction of sp³-hybridized carbons (Fsp3) is 0.905. The molecular formula is C21H40N6O. The molecule has 3 saturated heterocycles. The summed E-state index contributed by atoms with van der Waals surface area (Å²) < 4.78 is 0. The highest BCUT2D eigenvalue weighted by Gasteiger charge is 2.30. The minimum atomic E-state index is -0.00341. The van der Waals surface area contributed by atoms with Crippen LogP contribution < -0.4 is 5.32 Å². The van der Waals surface area contributed by atoms with Crippen molar-refractivity contribution >= 4 is 11.9 Å². The van der Waals surface area contributed by atoms with Gasteiger partial charge in [-0.15, -0.1) is 0 Å². The van der Waals surface area contributed by atoms with Gasteiger partial charge < -0.3 is 20.0 Å². The van der Waals surface area contributed by atoms with E-state index in [1.54, 1.807) is 0 Å². The monoisotopic (exact) mass is 392 g/mol. The Morgan fingerprint density at radius 1 is 1.04 bits per heavy atom. The first-order valence-corrected chi connectivity index (χ1v) is 11.3. The molecule has 2 unspecified atom stereocenters. The maximum Gasteiger partial charge on any atom is 0.239 e. The predicted molar refractivity (Wildman–Crippen MR) is 115 cm³/mol.